The van der Waals surface area contributed by atoms with E-state index in [2.05, 4.69) is 5.32 Å². The summed E-state index contributed by atoms with van der Waals surface area (Å²) in [6.45, 7) is -0.0507. The van der Waals surface area contributed by atoms with Crippen LogP contribution in [0.5, 0.6) is 0 Å². The molecule has 1 aliphatic rings. The summed E-state index contributed by atoms with van der Waals surface area (Å²) in [4.78, 5) is 12.2. The van der Waals surface area contributed by atoms with Gasteiger partial charge in [-0.3, -0.25) is 4.79 Å². The summed E-state index contributed by atoms with van der Waals surface area (Å²) in [6, 6.07) is 6.54. The first-order chi connectivity index (χ1) is 9.84. The molecule has 2 N–H and O–H groups in total. The highest BCUT2D eigenvalue weighted by molar-refractivity contribution is 7.89. The highest BCUT2D eigenvalue weighted by Crippen LogP contribution is 2.29. The number of rotatable bonds is 5. The van der Waals surface area contributed by atoms with Gasteiger partial charge in [-0.05, 0) is 30.5 Å². The van der Waals surface area contributed by atoms with Crippen molar-refractivity contribution in [3.8, 4) is 0 Å². The summed E-state index contributed by atoms with van der Waals surface area (Å²) in [5.41, 5.74) is 0.640. The fraction of sp³-hybridized carbons (Fsp3) is 0.533. The third-order valence-corrected chi connectivity index (χ3v) is 4.74. The van der Waals surface area contributed by atoms with Crippen molar-refractivity contribution in [1.29, 1.82) is 0 Å². The van der Waals surface area contributed by atoms with Gasteiger partial charge in [0.2, 0.25) is 0 Å². The molecule has 0 bridgehead atoms. The van der Waals surface area contributed by atoms with Crippen LogP contribution in [0.1, 0.15) is 41.6 Å². The number of hydrogen-bond acceptors (Lipinski definition) is 4. The van der Waals surface area contributed by atoms with Gasteiger partial charge in [0.25, 0.3) is 5.91 Å². The van der Waals surface area contributed by atoms with E-state index < -0.39 is 15.4 Å². The Hall–Kier alpha value is -1.40. The molecule has 116 valence electrons. The van der Waals surface area contributed by atoms with Gasteiger partial charge in [-0.15, -0.1) is 0 Å². The maximum Gasteiger partial charge on any atom is 0.251 e. The third-order valence-electron chi connectivity index (χ3n) is 3.89. The fourth-order valence-corrected chi connectivity index (χ4v) is 3.54. The van der Waals surface area contributed by atoms with Crippen LogP contribution in [0.2, 0.25) is 0 Å². The molecule has 1 fully saturated rings. The lowest BCUT2D eigenvalue weighted by Crippen LogP contribution is -2.49. The lowest BCUT2D eigenvalue weighted by molar-refractivity contribution is 0.0838. The van der Waals surface area contributed by atoms with E-state index in [1.807, 2.05) is 0 Å². The Morgan fingerprint density at radius 1 is 1.24 bits per heavy atom. The Morgan fingerprint density at radius 3 is 2.29 bits per heavy atom. The minimum atomic E-state index is -3.08. The number of hydrogen-bond donors (Lipinski definition) is 2. The van der Waals surface area contributed by atoms with Crippen molar-refractivity contribution in [2.45, 2.75) is 37.0 Å². The Kier molecular flexibility index (Phi) is 4.68. The van der Waals surface area contributed by atoms with Crippen molar-refractivity contribution in [2.75, 3.05) is 12.9 Å². The number of carbonyl (C=O) groups excluding carboxylic acids is 1. The van der Waals surface area contributed by atoms with E-state index in [0.29, 0.717) is 11.1 Å². The Morgan fingerprint density at radius 2 is 1.81 bits per heavy atom. The lowest BCUT2D eigenvalue weighted by atomic mass is 9.98. The summed E-state index contributed by atoms with van der Waals surface area (Å²) in [7, 11) is -3.08. The molecule has 0 aromatic heterocycles. The van der Waals surface area contributed by atoms with Crippen LogP contribution in [0.25, 0.3) is 0 Å². The van der Waals surface area contributed by atoms with Crippen LogP contribution in [0.4, 0.5) is 0 Å². The number of amides is 1. The number of sulfone groups is 1. The second kappa shape index (κ2) is 6.15. The summed E-state index contributed by atoms with van der Waals surface area (Å²) < 4.78 is 22.4. The Bertz CT molecular complexity index is 601. The number of carbonyl (C=O) groups is 1. The molecule has 0 unspecified atom stereocenters. The van der Waals surface area contributed by atoms with Crippen LogP contribution in [-0.2, 0) is 15.6 Å². The predicted molar refractivity (Wildman–Crippen MR) is 80.7 cm³/mol. The molecule has 2 rings (SSSR count). The standard InChI is InChI=1S/C15H21NO4S/c1-21(19,20)10-12-4-6-13(7-5-12)14(18)16-15(11-17)8-2-3-9-15/h4-7,17H,2-3,8-11H2,1H3,(H,16,18). The highest BCUT2D eigenvalue weighted by atomic mass is 32.2. The fourth-order valence-electron chi connectivity index (χ4n) is 2.74. The van der Waals surface area contributed by atoms with Crippen molar-refractivity contribution in [3.63, 3.8) is 0 Å². The van der Waals surface area contributed by atoms with E-state index in [1.165, 1.54) is 6.26 Å². The maximum atomic E-state index is 12.2. The predicted octanol–water partition coefficient (Wildman–Crippen LogP) is 1.27. The van der Waals surface area contributed by atoms with Crippen molar-refractivity contribution in [1.82, 2.24) is 5.32 Å². The molecule has 5 nitrogen and oxygen atoms in total. The Balaban J connectivity index is 2.06. The normalized spacial score (nSPS) is 17.6. The molecular weight excluding hydrogens is 290 g/mol. The summed E-state index contributed by atoms with van der Waals surface area (Å²) >= 11 is 0. The van der Waals surface area contributed by atoms with Gasteiger partial charge in [-0.2, -0.15) is 0 Å². The molecule has 1 saturated carbocycles. The van der Waals surface area contributed by atoms with Gasteiger partial charge in [0.15, 0.2) is 9.84 Å². The first-order valence-corrected chi connectivity index (χ1v) is 9.10. The van der Waals surface area contributed by atoms with Crippen molar-refractivity contribution in [2.24, 2.45) is 0 Å². The smallest absolute Gasteiger partial charge is 0.251 e. The van der Waals surface area contributed by atoms with Crippen LogP contribution in [0.3, 0.4) is 0 Å². The average molecular weight is 311 g/mol. The van der Waals surface area contributed by atoms with Gasteiger partial charge in [-0.25, -0.2) is 8.42 Å². The van der Waals surface area contributed by atoms with E-state index in [-0.39, 0.29) is 18.3 Å². The Labute approximate surface area is 125 Å². The van der Waals surface area contributed by atoms with Crippen LogP contribution >= 0.6 is 0 Å². The zero-order chi connectivity index (χ0) is 15.5. The molecule has 21 heavy (non-hydrogen) atoms. The maximum absolute atomic E-state index is 12.2. The quantitative estimate of drug-likeness (QED) is 0.857. The first-order valence-electron chi connectivity index (χ1n) is 7.04. The molecule has 0 heterocycles. The second-order valence-electron chi connectivity index (χ2n) is 5.87. The van der Waals surface area contributed by atoms with Crippen LogP contribution < -0.4 is 5.32 Å². The zero-order valence-corrected chi connectivity index (χ0v) is 12.9. The van der Waals surface area contributed by atoms with Gasteiger partial charge in [-0.1, -0.05) is 25.0 Å². The minimum absolute atomic E-state index is 0.0323. The highest BCUT2D eigenvalue weighted by Gasteiger charge is 2.34. The number of aliphatic hydroxyl groups is 1. The molecule has 0 radical (unpaired) electrons. The largest absolute Gasteiger partial charge is 0.394 e. The average Bonchev–Trinajstić information content (AvgIpc) is 2.87. The molecule has 0 spiro atoms. The van der Waals surface area contributed by atoms with Gasteiger partial charge >= 0.3 is 0 Å². The number of nitrogens with one attached hydrogen (secondary N) is 1. The van der Waals surface area contributed by atoms with E-state index in [4.69, 9.17) is 0 Å². The second-order valence-corrected chi connectivity index (χ2v) is 8.01. The zero-order valence-electron chi connectivity index (χ0n) is 12.1. The van der Waals surface area contributed by atoms with E-state index in [1.54, 1.807) is 24.3 Å². The van der Waals surface area contributed by atoms with Gasteiger partial charge in [0.05, 0.1) is 17.9 Å². The molecule has 6 heteroatoms. The lowest BCUT2D eigenvalue weighted by Gasteiger charge is -2.28. The van der Waals surface area contributed by atoms with Gasteiger partial charge in [0.1, 0.15) is 0 Å². The SMILES string of the molecule is CS(=O)(=O)Cc1ccc(C(=O)NC2(CO)CCCC2)cc1. The third kappa shape index (κ3) is 4.28. The number of aliphatic hydroxyl groups excluding tert-OH is 1. The van der Waals surface area contributed by atoms with Crippen LogP contribution in [0, 0.1) is 0 Å². The van der Waals surface area contributed by atoms with Gasteiger partial charge in [0, 0.05) is 11.8 Å². The van der Waals surface area contributed by atoms with Crippen LogP contribution in [-0.4, -0.2) is 37.8 Å². The summed E-state index contributed by atoms with van der Waals surface area (Å²) in [6.07, 6.45) is 4.78. The van der Waals surface area contributed by atoms with Crippen molar-refractivity contribution in [3.05, 3.63) is 35.4 Å². The first kappa shape index (κ1) is 16.0. The molecule has 1 aliphatic carbocycles. The molecule has 0 saturated heterocycles. The van der Waals surface area contributed by atoms with Crippen LogP contribution in [0.15, 0.2) is 24.3 Å². The molecule has 0 aliphatic heterocycles. The van der Waals surface area contributed by atoms with E-state index >= 15 is 0 Å². The summed E-state index contributed by atoms with van der Waals surface area (Å²) in [5.74, 6) is -0.257. The van der Waals surface area contributed by atoms with Crippen molar-refractivity contribution >= 4 is 15.7 Å². The molecule has 1 amide bonds. The topological polar surface area (TPSA) is 83.5 Å². The minimum Gasteiger partial charge on any atom is -0.394 e. The molecule has 1 aromatic carbocycles. The molecule has 1 aromatic rings. The monoisotopic (exact) mass is 311 g/mol. The summed E-state index contributed by atoms with van der Waals surface area (Å²) in [5, 5.41) is 12.4. The van der Waals surface area contributed by atoms with E-state index in [0.717, 1.165) is 25.7 Å². The molecule has 0 atom stereocenters. The van der Waals surface area contributed by atoms with Gasteiger partial charge < -0.3 is 10.4 Å². The molecular formula is C15H21NO4S. The van der Waals surface area contributed by atoms with Crippen molar-refractivity contribution < 1.29 is 18.3 Å². The van der Waals surface area contributed by atoms with E-state index in [9.17, 15) is 18.3 Å². The number of benzene rings is 1.